The molecule has 0 radical (unpaired) electrons. The molecule has 1 fully saturated rings. The van der Waals surface area contributed by atoms with Gasteiger partial charge < -0.3 is 9.64 Å². The van der Waals surface area contributed by atoms with Crippen LogP contribution in [0.5, 0.6) is 0 Å². The summed E-state index contributed by atoms with van der Waals surface area (Å²) < 4.78 is 6.08. The van der Waals surface area contributed by atoms with E-state index < -0.39 is 11.1 Å². The lowest BCUT2D eigenvalue weighted by Crippen LogP contribution is -2.47. The summed E-state index contributed by atoms with van der Waals surface area (Å²) >= 11 is 12.4. The molecule has 5 nitrogen and oxygen atoms in total. The third-order valence-corrected chi connectivity index (χ3v) is 8.33. The van der Waals surface area contributed by atoms with Crippen LogP contribution in [0, 0.1) is 0 Å². The zero-order valence-electron chi connectivity index (χ0n) is 25.7. The molecule has 228 valence electrons. The lowest BCUT2D eigenvalue weighted by Gasteiger charge is -2.37. The number of hydrogen-bond donors (Lipinski definition) is 0. The Kier molecular flexibility index (Phi) is 11.5. The first-order chi connectivity index (χ1) is 20.6. The van der Waals surface area contributed by atoms with Gasteiger partial charge in [0.15, 0.2) is 5.54 Å². The number of allylic oxidation sites excluding steroid dienone is 1. The number of piperazine rings is 1. The molecule has 1 unspecified atom stereocenters. The predicted molar refractivity (Wildman–Crippen MR) is 181 cm³/mol. The van der Waals surface area contributed by atoms with Crippen molar-refractivity contribution in [3.63, 3.8) is 0 Å². The van der Waals surface area contributed by atoms with E-state index in [-0.39, 0.29) is 5.97 Å². The molecular formula is C36H43Cl2N3O2. The highest BCUT2D eigenvalue weighted by molar-refractivity contribution is 6.42. The number of esters is 1. The highest BCUT2D eigenvalue weighted by Crippen LogP contribution is 2.31. The predicted octanol–water partition coefficient (Wildman–Crippen LogP) is 8.48. The molecule has 1 aliphatic rings. The van der Waals surface area contributed by atoms with Gasteiger partial charge in [0.2, 0.25) is 0 Å². The number of benzene rings is 3. The average molecular weight is 621 g/mol. The SMILES string of the molecule is C/C=C/CC(CCCN1CCN(c2ccc(Cl)c(Cl)c2)CC1)(N=C(c1ccccc1)c1ccccc1)C(=O)OC(C)(C)C. The Balaban J connectivity index is 1.59. The normalized spacial score (nSPS) is 15.7. The van der Waals surface area contributed by atoms with Crippen molar-refractivity contribution in [3.05, 3.63) is 112 Å². The summed E-state index contributed by atoms with van der Waals surface area (Å²) in [5.41, 5.74) is 2.14. The van der Waals surface area contributed by atoms with Gasteiger partial charge in [0.25, 0.3) is 0 Å². The van der Waals surface area contributed by atoms with Crippen LogP contribution in [0.4, 0.5) is 5.69 Å². The minimum Gasteiger partial charge on any atom is -0.458 e. The van der Waals surface area contributed by atoms with Crippen molar-refractivity contribution in [2.45, 2.75) is 58.1 Å². The number of ether oxygens (including phenoxy) is 1. The molecule has 43 heavy (non-hydrogen) atoms. The van der Waals surface area contributed by atoms with E-state index in [4.69, 9.17) is 32.9 Å². The Labute approximate surface area is 267 Å². The summed E-state index contributed by atoms with van der Waals surface area (Å²) in [5.74, 6) is -0.285. The van der Waals surface area contributed by atoms with Crippen molar-refractivity contribution in [2.24, 2.45) is 4.99 Å². The molecule has 0 N–H and O–H groups in total. The molecule has 1 atom stereocenters. The minimum atomic E-state index is -1.07. The Hall–Kier alpha value is -3.12. The lowest BCUT2D eigenvalue weighted by molar-refractivity contribution is -0.161. The van der Waals surface area contributed by atoms with Gasteiger partial charge in [-0.1, -0.05) is 96.0 Å². The summed E-state index contributed by atoms with van der Waals surface area (Å²) in [7, 11) is 0. The van der Waals surface area contributed by atoms with Crippen LogP contribution in [0.25, 0.3) is 0 Å². The Morgan fingerprint density at radius 2 is 1.49 bits per heavy atom. The van der Waals surface area contributed by atoms with Gasteiger partial charge in [-0.2, -0.15) is 0 Å². The zero-order valence-corrected chi connectivity index (χ0v) is 27.2. The van der Waals surface area contributed by atoms with E-state index in [9.17, 15) is 4.79 Å². The van der Waals surface area contributed by atoms with Gasteiger partial charge in [-0.05, 0) is 65.3 Å². The molecule has 0 bridgehead atoms. The molecule has 3 aromatic rings. The number of carbonyl (C=O) groups is 1. The number of rotatable bonds is 11. The van der Waals surface area contributed by atoms with Crippen molar-refractivity contribution in [2.75, 3.05) is 37.6 Å². The fraction of sp³-hybridized carbons (Fsp3) is 0.389. The number of carbonyl (C=O) groups excluding carboxylic acids is 1. The Morgan fingerprint density at radius 3 is 2.02 bits per heavy atom. The van der Waals surface area contributed by atoms with Gasteiger partial charge in [-0.15, -0.1) is 0 Å². The van der Waals surface area contributed by atoms with Crippen LogP contribution in [0.1, 0.15) is 58.1 Å². The molecule has 4 rings (SSSR count). The molecule has 7 heteroatoms. The minimum absolute atomic E-state index is 0.285. The van der Waals surface area contributed by atoms with Crippen molar-refractivity contribution in [3.8, 4) is 0 Å². The fourth-order valence-electron chi connectivity index (χ4n) is 5.33. The van der Waals surface area contributed by atoms with Crippen LogP contribution in [-0.2, 0) is 9.53 Å². The molecule has 1 heterocycles. The first kappa shape index (κ1) is 32.8. The van der Waals surface area contributed by atoms with Crippen LogP contribution < -0.4 is 4.90 Å². The molecule has 0 aliphatic carbocycles. The topological polar surface area (TPSA) is 45.1 Å². The molecule has 1 aliphatic heterocycles. The highest BCUT2D eigenvalue weighted by atomic mass is 35.5. The van der Waals surface area contributed by atoms with Crippen LogP contribution in [0.2, 0.25) is 10.0 Å². The molecule has 3 aromatic carbocycles. The standard InChI is InChI=1S/C36H43Cl2N3O2/c1-5-6-20-36(34(42)43-35(2,3)4,39-33(28-14-9-7-10-15-28)29-16-11-8-12-17-29)21-13-22-40-23-25-41(26-24-40)30-18-19-31(37)32(38)27-30/h5-12,14-19,27H,13,20-26H2,1-4H3/b6-5+. The van der Waals surface area contributed by atoms with Crippen LogP contribution >= 0.6 is 23.2 Å². The van der Waals surface area contributed by atoms with Gasteiger partial charge in [-0.3, -0.25) is 9.89 Å². The van der Waals surface area contributed by atoms with Crippen molar-refractivity contribution in [1.29, 1.82) is 0 Å². The molecule has 0 amide bonds. The third-order valence-electron chi connectivity index (χ3n) is 7.60. The van der Waals surface area contributed by atoms with E-state index in [2.05, 4.69) is 34.1 Å². The molecule has 0 aromatic heterocycles. The fourth-order valence-corrected chi connectivity index (χ4v) is 5.62. The summed E-state index contributed by atoms with van der Waals surface area (Å²) in [6, 6.07) is 26.0. The van der Waals surface area contributed by atoms with Gasteiger partial charge in [0.1, 0.15) is 5.60 Å². The van der Waals surface area contributed by atoms with E-state index in [0.717, 1.165) is 61.7 Å². The highest BCUT2D eigenvalue weighted by Gasteiger charge is 2.41. The lowest BCUT2D eigenvalue weighted by atomic mass is 9.88. The average Bonchev–Trinajstić information content (AvgIpc) is 3.00. The van der Waals surface area contributed by atoms with E-state index in [1.807, 2.05) is 94.4 Å². The van der Waals surface area contributed by atoms with Gasteiger partial charge in [0.05, 0.1) is 15.8 Å². The number of nitrogens with zero attached hydrogens (tertiary/aromatic N) is 3. The van der Waals surface area contributed by atoms with Crippen LogP contribution in [-0.4, -0.2) is 60.4 Å². The molecule has 0 saturated carbocycles. The second kappa shape index (κ2) is 15.1. The largest absolute Gasteiger partial charge is 0.458 e. The maximum atomic E-state index is 14.1. The van der Waals surface area contributed by atoms with Gasteiger partial charge >= 0.3 is 5.97 Å². The van der Waals surface area contributed by atoms with Crippen molar-refractivity contribution in [1.82, 2.24) is 4.90 Å². The number of anilines is 1. The molecular weight excluding hydrogens is 577 g/mol. The Bertz CT molecular complexity index is 1350. The third kappa shape index (κ3) is 9.18. The van der Waals surface area contributed by atoms with E-state index >= 15 is 0 Å². The monoisotopic (exact) mass is 619 g/mol. The smallest absolute Gasteiger partial charge is 0.334 e. The van der Waals surface area contributed by atoms with E-state index in [1.165, 1.54) is 0 Å². The van der Waals surface area contributed by atoms with E-state index in [1.54, 1.807) is 0 Å². The van der Waals surface area contributed by atoms with Crippen LogP contribution in [0.3, 0.4) is 0 Å². The molecule has 1 saturated heterocycles. The second-order valence-corrected chi connectivity index (χ2v) is 12.8. The number of hydrogen-bond acceptors (Lipinski definition) is 5. The number of halogens is 2. The van der Waals surface area contributed by atoms with E-state index in [0.29, 0.717) is 22.9 Å². The van der Waals surface area contributed by atoms with Gasteiger partial charge in [-0.25, -0.2) is 4.79 Å². The second-order valence-electron chi connectivity index (χ2n) is 12.0. The maximum absolute atomic E-state index is 14.1. The summed E-state index contributed by atoms with van der Waals surface area (Å²) in [4.78, 5) is 24.3. The summed E-state index contributed by atoms with van der Waals surface area (Å²) in [6.45, 7) is 12.3. The summed E-state index contributed by atoms with van der Waals surface area (Å²) in [5, 5.41) is 1.15. The summed E-state index contributed by atoms with van der Waals surface area (Å²) in [6.07, 6.45) is 5.87. The Morgan fingerprint density at radius 1 is 0.884 bits per heavy atom. The maximum Gasteiger partial charge on any atom is 0.334 e. The van der Waals surface area contributed by atoms with Crippen molar-refractivity contribution < 1.29 is 9.53 Å². The first-order valence-corrected chi connectivity index (χ1v) is 15.8. The first-order valence-electron chi connectivity index (χ1n) is 15.1. The van der Waals surface area contributed by atoms with Crippen molar-refractivity contribution >= 4 is 40.6 Å². The van der Waals surface area contributed by atoms with Crippen LogP contribution in [0.15, 0.2) is 96.0 Å². The van der Waals surface area contributed by atoms with Gasteiger partial charge in [0, 0.05) is 49.4 Å². The number of aliphatic imine (C=N–C) groups is 1. The quantitative estimate of drug-likeness (QED) is 0.123. The zero-order chi connectivity index (χ0) is 30.9. The molecule has 0 spiro atoms.